The van der Waals surface area contributed by atoms with Crippen molar-refractivity contribution in [3.05, 3.63) is 35.4 Å². The van der Waals surface area contributed by atoms with Crippen LogP contribution in [0.3, 0.4) is 0 Å². The van der Waals surface area contributed by atoms with Crippen molar-refractivity contribution in [1.29, 1.82) is 0 Å². The molecule has 2 aromatic rings. The summed E-state index contributed by atoms with van der Waals surface area (Å²) in [5.41, 5.74) is 3.34. The summed E-state index contributed by atoms with van der Waals surface area (Å²) in [4.78, 5) is 4.54. The van der Waals surface area contributed by atoms with Gasteiger partial charge in [0.1, 0.15) is 11.5 Å². The summed E-state index contributed by atoms with van der Waals surface area (Å²) < 4.78 is 11.3. The molecule has 0 unspecified atom stereocenters. The van der Waals surface area contributed by atoms with Gasteiger partial charge in [-0.05, 0) is 13.3 Å². The number of hydrogen-bond acceptors (Lipinski definition) is 3. The number of rotatable bonds is 2. The van der Waals surface area contributed by atoms with Crippen molar-refractivity contribution in [2.75, 3.05) is 20.8 Å². The molecule has 1 aliphatic rings. The molecule has 0 atom stereocenters. The number of hydrogen-bond donors (Lipinski definition) is 0. The molecule has 0 bridgehead atoms. The maximum atomic E-state index is 5.66. The van der Waals surface area contributed by atoms with Gasteiger partial charge in [-0.2, -0.15) is 0 Å². The molecule has 1 aliphatic heterocycles. The minimum atomic E-state index is 0.816. The molecule has 3 rings (SSSR count). The quantitative estimate of drug-likeness (QED) is 0.825. The lowest BCUT2D eigenvalue weighted by molar-refractivity contribution is 0.405. The van der Waals surface area contributed by atoms with Gasteiger partial charge < -0.3 is 9.47 Å². The van der Waals surface area contributed by atoms with Gasteiger partial charge in [-0.1, -0.05) is 24.3 Å². The molecule has 3 nitrogen and oxygen atoms in total. The Morgan fingerprint density at radius 3 is 2.26 bits per heavy atom. The molecule has 0 radical (unpaired) electrons. The first-order valence-corrected chi connectivity index (χ1v) is 6.45. The highest BCUT2D eigenvalue weighted by atomic mass is 16.5. The number of fused-ring (bicyclic) bond motifs is 2. The average Bonchev–Trinajstić information content (AvgIpc) is 2.45. The lowest BCUT2D eigenvalue weighted by Crippen LogP contribution is -2.13. The lowest BCUT2D eigenvalue weighted by atomic mass is 9.91. The zero-order valence-electron chi connectivity index (χ0n) is 11.5. The van der Waals surface area contributed by atoms with Crippen LogP contribution >= 0.6 is 0 Å². The van der Waals surface area contributed by atoms with Gasteiger partial charge in [0.05, 0.1) is 14.2 Å². The van der Waals surface area contributed by atoms with Crippen molar-refractivity contribution in [2.24, 2.45) is 4.99 Å². The fourth-order valence-electron chi connectivity index (χ4n) is 2.91. The Labute approximate surface area is 112 Å². The molecule has 0 spiro atoms. The van der Waals surface area contributed by atoms with Gasteiger partial charge >= 0.3 is 0 Å². The van der Waals surface area contributed by atoms with Crippen LogP contribution in [-0.4, -0.2) is 26.5 Å². The van der Waals surface area contributed by atoms with E-state index < -0.39 is 0 Å². The number of ether oxygens (including phenoxy) is 2. The zero-order valence-corrected chi connectivity index (χ0v) is 11.5. The number of methoxy groups -OCH3 is 2. The van der Waals surface area contributed by atoms with E-state index in [2.05, 4.69) is 17.1 Å². The molecule has 0 fully saturated rings. The van der Waals surface area contributed by atoms with Crippen molar-refractivity contribution in [3.8, 4) is 11.5 Å². The van der Waals surface area contributed by atoms with E-state index in [-0.39, 0.29) is 0 Å². The Balaban J connectivity index is 2.49. The predicted octanol–water partition coefficient (Wildman–Crippen LogP) is 3.22. The highest BCUT2D eigenvalue weighted by Gasteiger charge is 2.24. The van der Waals surface area contributed by atoms with E-state index in [0.717, 1.165) is 46.5 Å². The van der Waals surface area contributed by atoms with Gasteiger partial charge in [0.2, 0.25) is 0 Å². The molecule has 0 aromatic heterocycles. The molecule has 2 aromatic carbocycles. The molecule has 98 valence electrons. The van der Waals surface area contributed by atoms with E-state index in [1.165, 1.54) is 5.56 Å². The minimum Gasteiger partial charge on any atom is -0.496 e. The highest BCUT2D eigenvalue weighted by molar-refractivity contribution is 6.10. The number of nitrogens with zero attached hydrogens (tertiary/aromatic N) is 1. The molecule has 0 saturated heterocycles. The predicted molar refractivity (Wildman–Crippen MR) is 77.8 cm³/mol. The zero-order chi connectivity index (χ0) is 13.4. The molecule has 1 heterocycles. The van der Waals surface area contributed by atoms with Crippen LogP contribution in [-0.2, 0) is 6.42 Å². The first-order valence-electron chi connectivity index (χ1n) is 6.45. The molecule has 0 aliphatic carbocycles. The van der Waals surface area contributed by atoms with Crippen LogP contribution in [0.1, 0.15) is 18.1 Å². The van der Waals surface area contributed by atoms with E-state index in [1.807, 2.05) is 19.1 Å². The second kappa shape index (κ2) is 4.57. The summed E-state index contributed by atoms with van der Waals surface area (Å²) >= 11 is 0. The SMILES string of the molecule is COc1c2c(c(OC)c3ccccc13)C(C)=NCC2. The molecular formula is C16H17NO2. The second-order valence-corrected chi connectivity index (χ2v) is 4.68. The van der Waals surface area contributed by atoms with E-state index in [0.29, 0.717) is 0 Å². The Morgan fingerprint density at radius 1 is 1.00 bits per heavy atom. The Hall–Kier alpha value is -2.03. The maximum absolute atomic E-state index is 5.66. The normalized spacial score (nSPS) is 13.9. The molecule has 19 heavy (non-hydrogen) atoms. The first kappa shape index (κ1) is 12.0. The maximum Gasteiger partial charge on any atom is 0.136 e. The van der Waals surface area contributed by atoms with Gasteiger partial charge in [0, 0.05) is 34.2 Å². The standard InChI is InChI=1S/C16H17NO2/c1-10-14-13(8-9-17-10)15(18-2)11-6-4-5-7-12(11)16(14)19-3/h4-7H,8-9H2,1-3H3. The third kappa shape index (κ3) is 1.69. The molecule has 0 saturated carbocycles. The summed E-state index contributed by atoms with van der Waals surface area (Å²) in [6.45, 7) is 2.85. The molecule has 0 amide bonds. The van der Waals surface area contributed by atoms with E-state index >= 15 is 0 Å². The fourth-order valence-corrected chi connectivity index (χ4v) is 2.91. The van der Waals surface area contributed by atoms with Gasteiger partial charge in [-0.25, -0.2) is 0 Å². The van der Waals surface area contributed by atoms with E-state index in [1.54, 1.807) is 14.2 Å². The van der Waals surface area contributed by atoms with Crippen molar-refractivity contribution < 1.29 is 9.47 Å². The van der Waals surface area contributed by atoms with Gasteiger partial charge in [0.25, 0.3) is 0 Å². The molecular weight excluding hydrogens is 238 g/mol. The average molecular weight is 255 g/mol. The van der Waals surface area contributed by atoms with Gasteiger partial charge in [-0.3, -0.25) is 4.99 Å². The second-order valence-electron chi connectivity index (χ2n) is 4.68. The lowest BCUT2D eigenvalue weighted by Gasteiger charge is -2.23. The van der Waals surface area contributed by atoms with Crippen LogP contribution in [0.15, 0.2) is 29.3 Å². The third-order valence-corrected chi connectivity index (χ3v) is 3.70. The van der Waals surface area contributed by atoms with Crippen molar-refractivity contribution in [3.63, 3.8) is 0 Å². The molecule has 3 heteroatoms. The van der Waals surface area contributed by atoms with E-state index in [4.69, 9.17) is 9.47 Å². The van der Waals surface area contributed by atoms with Crippen molar-refractivity contribution in [2.45, 2.75) is 13.3 Å². The van der Waals surface area contributed by atoms with E-state index in [9.17, 15) is 0 Å². The fraction of sp³-hybridized carbons (Fsp3) is 0.312. The Bertz CT molecular complexity index is 674. The topological polar surface area (TPSA) is 30.8 Å². The minimum absolute atomic E-state index is 0.816. The van der Waals surface area contributed by atoms with Crippen LogP contribution in [0.4, 0.5) is 0 Å². The molecule has 0 N–H and O–H groups in total. The van der Waals surface area contributed by atoms with Crippen LogP contribution < -0.4 is 9.47 Å². The largest absolute Gasteiger partial charge is 0.496 e. The number of aliphatic imine (C=N–C) groups is 1. The van der Waals surface area contributed by atoms with Crippen LogP contribution in [0, 0.1) is 0 Å². The summed E-state index contributed by atoms with van der Waals surface area (Å²) in [5, 5.41) is 2.19. The van der Waals surface area contributed by atoms with Gasteiger partial charge in [-0.15, -0.1) is 0 Å². The highest BCUT2D eigenvalue weighted by Crippen LogP contribution is 2.42. The van der Waals surface area contributed by atoms with Crippen molar-refractivity contribution >= 4 is 16.5 Å². The summed E-state index contributed by atoms with van der Waals surface area (Å²) in [6, 6.07) is 8.20. The van der Waals surface area contributed by atoms with Crippen molar-refractivity contribution in [1.82, 2.24) is 0 Å². The van der Waals surface area contributed by atoms with Crippen LogP contribution in [0.2, 0.25) is 0 Å². The summed E-state index contributed by atoms with van der Waals surface area (Å²) in [6.07, 6.45) is 0.900. The monoisotopic (exact) mass is 255 g/mol. The summed E-state index contributed by atoms with van der Waals surface area (Å²) in [5.74, 6) is 1.87. The Morgan fingerprint density at radius 2 is 1.63 bits per heavy atom. The van der Waals surface area contributed by atoms with Crippen LogP contribution in [0.5, 0.6) is 11.5 Å². The van der Waals surface area contributed by atoms with Gasteiger partial charge in [0.15, 0.2) is 0 Å². The first-order chi connectivity index (χ1) is 9.27. The smallest absolute Gasteiger partial charge is 0.136 e. The summed E-state index contributed by atoms with van der Waals surface area (Å²) in [7, 11) is 3.45. The Kier molecular flexibility index (Phi) is 2.90. The third-order valence-electron chi connectivity index (χ3n) is 3.70. The number of benzene rings is 2. The van der Waals surface area contributed by atoms with Crippen LogP contribution in [0.25, 0.3) is 10.8 Å².